The summed E-state index contributed by atoms with van der Waals surface area (Å²) in [5.74, 6) is 3.03. The van der Waals surface area contributed by atoms with Gasteiger partial charge in [-0.25, -0.2) is 15.0 Å². The van der Waals surface area contributed by atoms with Gasteiger partial charge in [0, 0.05) is 23.3 Å². The van der Waals surface area contributed by atoms with Crippen molar-refractivity contribution < 1.29 is 4.52 Å². The van der Waals surface area contributed by atoms with Crippen molar-refractivity contribution in [2.45, 2.75) is 31.6 Å². The monoisotopic (exact) mass is 383 g/mol. The maximum absolute atomic E-state index is 6.31. The molecule has 1 fully saturated rings. The van der Waals surface area contributed by atoms with E-state index >= 15 is 0 Å². The summed E-state index contributed by atoms with van der Waals surface area (Å²) in [5.41, 5.74) is 2.17. The number of benzene rings is 1. The summed E-state index contributed by atoms with van der Waals surface area (Å²) in [6.07, 6.45) is 6.65. The number of amidine groups is 1. The molecule has 1 aliphatic carbocycles. The lowest BCUT2D eigenvalue weighted by atomic mass is 10.1. The largest absolute Gasteiger partial charge is 0.345 e. The van der Waals surface area contributed by atoms with Crippen LogP contribution in [0.3, 0.4) is 0 Å². The molecular weight excluding hydrogens is 366 g/mol. The van der Waals surface area contributed by atoms with E-state index in [4.69, 9.17) is 26.3 Å². The van der Waals surface area contributed by atoms with Crippen LogP contribution in [-0.4, -0.2) is 38.7 Å². The number of halogens is 1. The summed E-state index contributed by atoms with van der Waals surface area (Å²) < 4.78 is 7.27. The lowest BCUT2D eigenvalue weighted by Crippen LogP contribution is -2.49. The van der Waals surface area contributed by atoms with Crippen LogP contribution in [0.15, 0.2) is 45.8 Å². The predicted octanol–water partition coefficient (Wildman–Crippen LogP) is 3.21. The second-order valence-corrected chi connectivity index (χ2v) is 7.66. The maximum Gasteiger partial charge on any atom is 0.345 e. The van der Waals surface area contributed by atoms with Crippen molar-refractivity contribution >= 4 is 29.3 Å². The Morgan fingerprint density at radius 2 is 2.00 bits per heavy atom. The first-order valence-electron chi connectivity index (χ1n) is 9.26. The van der Waals surface area contributed by atoms with Crippen LogP contribution in [-0.2, 0) is 0 Å². The van der Waals surface area contributed by atoms with Gasteiger partial charge in [0.1, 0.15) is 13.3 Å². The first kappa shape index (κ1) is 15.3. The van der Waals surface area contributed by atoms with Gasteiger partial charge in [-0.2, -0.15) is 4.98 Å². The van der Waals surface area contributed by atoms with Crippen molar-refractivity contribution in [3.8, 4) is 0 Å². The minimum Gasteiger partial charge on any atom is -0.313 e. The number of para-hydroxylation sites is 1. The first-order chi connectivity index (χ1) is 13.3. The van der Waals surface area contributed by atoms with Crippen LogP contribution in [0.4, 0.5) is 11.7 Å². The molecule has 0 bridgehead atoms. The summed E-state index contributed by atoms with van der Waals surface area (Å²) >= 11 is 6.31. The number of hydrogen-bond donors (Lipinski definition) is 0. The maximum atomic E-state index is 6.31. The normalized spacial score (nSPS) is 21.4. The number of nitrogens with zero attached hydrogens (tertiary/aromatic N) is 7. The van der Waals surface area contributed by atoms with Crippen LogP contribution in [0, 0.1) is 0 Å². The van der Waals surface area contributed by atoms with E-state index in [1.54, 1.807) is 4.42 Å². The molecule has 1 aromatic carbocycles. The molecule has 27 heavy (non-hydrogen) atoms. The average molecular weight is 384 g/mol. The Morgan fingerprint density at radius 1 is 1.15 bits per heavy atom. The van der Waals surface area contributed by atoms with Crippen LogP contribution in [0.5, 0.6) is 0 Å². The number of rotatable bonds is 2. The Bertz CT molecular complexity index is 964. The second-order valence-electron chi connectivity index (χ2n) is 7.22. The Balaban J connectivity index is 1.40. The summed E-state index contributed by atoms with van der Waals surface area (Å²) in [5, 5.41) is 8.20. The zero-order valence-electron chi connectivity index (χ0n) is 14.6. The molecule has 6 rings (SSSR count). The van der Waals surface area contributed by atoms with Crippen LogP contribution in [0.25, 0.3) is 0 Å². The molecule has 0 spiro atoms. The third kappa shape index (κ3) is 2.19. The van der Waals surface area contributed by atoms with E-state index in [2.05, 4.69) is 22.2 Å². The Morgan fingerprint density at radius 3 is 2.89 bits per heavy atom. The van der Waals surface area contributed by atoms with Crippen molar-refractivity contribution in [1.29, 1.82) is 0 Å². The number of hydrazine groups is 1. The molecular formula is C18H18ClN7O. The quantitative estimate of drug-likeness (QED) is 0.738. The van der Waals surface area contributed by atoms with E-state index in [1.807, 2.05) is 28.4 Å². The fourth-order valence-corrected chi connectivity index (χ4v) is 4.54. The Labute approximate surface area is 161 Å². The fraction of sp³-hybridized carbons (Fsp3) is 0.389. The summed E-state index contributed by atoms with van der Waals surface area (Å²) in [7, 11) is 0. The SMILES string of the molecule is ClN1C=C2N(C1)c1ccccc1C1=NCN(c3nc(C4CCCC4)no3)N21. The van der Waals surface area contributed by atoms with Crippen molar-refractivity contribution in [2.24, 2.45) is 4.99 Å². The molecule has 3 aliphatic heterocycles. The van der Waals surface area contributed by atoms with Gasteiger partial charge in [-0.1, -0.05) is 30.1 Å². The molecule has 4 heterocycles. The number of aromatic nitrogens is 2. The highest BCUT2D eigenvalue weighted by Crippen LogP contribution is 2.41. The number of fused-ring (bicyclic) bond motifs is 6. The molecule has 0 amide bonds. The molecule has 0 atom stereocenters. The van der Waals surface area contributed by atoms with E-state index in [0.29, 0.717) is 25.3 Å². The topological polar surface area (TPSA) is 64.2 Å². The van der Waals surface area contributed by atoms with Gasteiger partial charge in [0.2, 0.25) is 0 Å². The van der Waals surface area contributed by atoms with Gasteiger partial charge in [0.15, 0.2) is 17.5 Å². The summed E-state index contributed by atoms with van der Waals surface area (Å²) in [6, 6.07) is 8.70. The van der Waals surface area contributed by atoms with Crippen LogP contribution >= 0.6 is 11.8 Å². The van der Waals surface area contributed by atoms with Gasteiger partial charge in [-0.15, -0.1) is 0 Å². The molecule has 1 aromatic heterocycles. The van der Waals surface area contributed by atoms with Gasteiger partial charge >= 0.3 is 6.01 Å². The molecule has 1 saturated carbocycles. The van der Waals surface area contributed by atoms with E-state index in [0.717, 1.165) is 41.6 Å². The van der Waals surface area contributed by atoms with E-state index in [-0.39, 0.29) is 0 Å². The van der Waals surface area contributed by atoms with Gasteiger partial charge in [0.25, 0.3) is 0 Å². The molecule has 138 valence electrons. The van der Waals surface area contributed by atoms with Gasteiger partial charge in [0.05, 0.1) is 11.9 Å². The average Bonchev–Trinajstić information content (AvgIpc) is 3.44. The molecule has 4 aliphatic rings. The minimum absolute atomic E-state index is 0.410. The minimum atomic E-state index is 0.410. The molecule has 0 unspecified atom stereocenters. The summed E-state index contributed by atoms with van der Waals surface area (Å²) in [4.78, 5) is 11.6. The van der Waals surface area contributed by atoms with Gasteiger partial charge in [-0.3, -0.25) is 4.42 Å². The van der Waals surface area contributed by atoms with Crippen LogP contribution in [0.2, 0.25) is 0 Å². The van der Waals surface area contributed by atoms with Crippen molar-refractivity contribution in [1.82, 2.24) is 19.6 Å². The van der Waals surface area contributed by atoms with Crippen molar-refractivity contribution in [2.75, 3.05) is 23.2 Å². The van der Waals surface area contributed by atoms with E-state index < -0.39 is 0 Å². The second kappa shape index (κ2) is 5.63. The van der Waals surface area contributed by atoms with Crippen LogP contribution < -0.4 is 9.91 Å². The zero-order chi connectivity index (χ0) is 18.0. The molecule has 0 radical (unpaired) electrons. The molecule has 0 N–H and O–H groups in total. The Hall–Kier alpha value is -2.74. The fourth-order valence-electron chi connectivity index (χ4n) is 4.35. The molecule has 8 nitrogen and oxygen atoms in total. The highest BCUT2D eigenvalue weighted by molar-refractivity contribution is 6.15. The third-order valence-electron chi connectivity index (χ3n) is 5.63. The highest BCUT2D eigenvalue weighted by Gasteiger charge is 2.43. The van der Waals surface area contributed by atoms with E-state index in [1.165, 1.54) is 12.8 Å². The Kier molecular flexibility index (Phi) is 3.19. The van der Waals surface area contributed by atoms with Crippen molar-refractivity contribution in [3.05, 3.63) is 47.7 Å². The molecule has 9 heteroatoms. The van der Waals surface area contributed by atoms with Crippen molar-refractivity contribution in [3.63, 3.8) is 0 Å². The molecule has 0 saturated heterocycles. The van der Waals surface area contributed by atoms with Gasteiger partial charge < -0.3 is 9.42 Å². The van der Waals surface area contributed by atoms with Crippen LogP contribution in [0.1, 0.15) is 43.0 Å². The van der Waals surface area contributed by atoms with Gasteiger partial charge in [-0.05, 0) is 25.0 Å². The first-order valence-corrected chi connectivity index (χ1v) is 9.60. The highest BCUT2D eigenvalue weighted by atomic mass is 35.5. The van der Waals surface area contributed by atoms with E-state index in [9.17, 15) is 0 Å². The third-order valence-corrected chi connectivity index (χ3v) is 5.83. The standard InChI is InChI=1S/C18H18ClN7O/c19-23-9-15-24(11-23)14-8-4-3-7-13(14)17-20-10-25(26(15)17)18-21-16(22-27-18)12-5-1-2-6-12/h3-4,7-9,12H,1-2,5-6,10-11H2. The number of hydrogen-bond acceptors (Lipinski definition) is 8. The number of anilines is 2. The smallest absolute Gasteiger partial charge is 0.313 e. The lowest BCUT2D eigenvalue weighted by molar-refractivity contribution is 0.363. The zero-order valence-corrected chi connectivity index (χ0v) is 15.4. The number of aliphatic imine (C=N–C) groups is 1. The summed E-state index contributed by atoms with van der Waals surface area (Å²) in [6.45, 7) is 1.01. The molecule has 2 aromatic rings. The predicted molar refractivity (Wildman–Crippen MR) is 101 cm³/mol. The lowest BCUT2D eigenvalue weighted by Gasteiger charge is -2.38.